The summed E-state index contributed by atoms with van der Waals surface area (Å²) in [7, 11) is 0. The van der Waals surface area contributed by atoms with Crippen molar-refractivity contribution in [2.45, 2.75) is 25.9 Å². The molecule has 3 heteroatoms. The van der Waals surface area contributed by atoms with Gasteiger partial charge in [-0.1, -0.05) is 29.8 Å². The van der Waals surface area contributed by atoms with Gasteiger partial charge >= 0.3 is 0 Å². The first-order valence-corrected chi connectivity index (χ1v) is 6.97. The van der Waals surface area contributed by atoms with E-state index in [1.54, 1.807) is 11.3 Å². The fraction of sp³-hybridized carbons (Fsp3) is 0.286. The Balaban J connectivity index is 2.01. The first-order chi connectivity index (χ1) is 8.16. The Morgan fingerprint density at radius 2 is 1.76 bits per heavy atom. The number of hydrogen-bond acceptors (Lipinski definition) is 2. The van der Waals surface area contributed by atoms with Crippen LogP contribution < -0.4 is 5.32 Å². The molecule has 1 N–H and O–H groups in total. The second kappa shape index (κ2) is 5.67. The Hall–Kier alpha value is -0.830. The normalized spacial score (nSPS) is 14.5. The van der Waals surface area contributed by atoms with Crippen LogP contribution in [0.5, 0.6) is 0 Å². The predicted octanol–water partition coefficient (Wildman–Crippen LogP) is 4.81. The summed E-state index contributed by atoms with van der Waals surface area (Å²) >= 11 is 7.67. The van der Waals surface area contributed by atoms with Crippen LogP contribution >= 0.6 is 22.9 Å². The number of nitrogens with one attached hydrogen (secondary N) is 1. The second-order valence-corrected chi connectivity index (χ2v) is 5.59. The van der Waals surface area contributed by atoms with Crippen LogP contribution in [0.15, 0.2) is 41.8 Å². The molecule has 1 heterocycles. The topological polar surface area (TPSA) is 12.0 Å². The molecule has 1 aromatic carbocycles. The number of rotatable bonds is 4. The van der Waals surface area contributed by atoms with Crippen molar-refractivity contribution in [3.8, 4) is 0 Å². The van der Waals surface area contributed by atoms with Crippen LogP contribution in [-0.4, -0.2) is 0 Å². The van der Waals surface area contributed by atoms with Gasteiger partial charge in [-0.2, -0.15) is 0 Å². The van der Waals surface area contributed by atoms with Gasteiger partial charge in [-0.15, -0.1) is 11.3 Å². The van der Waals surface area contributed by atoms with Crippen molar-refractivity contribution in [3.63, 3.8) is 0 Å². The molecule has 0 spiro atoms. The molecule has 1 aromatic heterocycles. The molecule has 0 aliphatic carbocycles. The molecule has 0 radical (unpaired) electrons. The maximum atomic E-state index is 5.88. The minimum atomic E-state index is 0.323. The van der Waals surface area contributed by atoms with E-state index in [9.17, 15) is 0 Å². The van der Waals surface area contributed by atoms with Crippen LogP contribution in [0, 0.1) is 0 Å². The van der Waals surface area contributed by atoms with Crippen LogP contribution in [0.4, 0.5) is 0 Å². The Kier molecular flexibility index (Phi) is 4.21. The average Bonchev–Trinajstić information content (AvgIpc) is 2.83. The Morgan fingerprint density at radius 3 is 2.35 bits per heavy atom. The highest BCUT2D eigenvalue weighted by Crippen LogP contribution is 2.23. The molecule has 1 unspecified atom stereocenters. The minimum absolute atomic E-state index is 0.323. The van der Waals surface area contributed by atoms with Gasteiger partial charge in [-0.05, 0) is 43.0 Å². The molecule has 0 amide bonds. The van der Waals surface area contributed by atoms with Gasteiger partial charge in [0.15, 0.2) is 0 Å². The van der Waals surface area contributed by atoms with Gasteiger partial charge in [0.1, 0.15) is 0 Å². The van der Waals surface area contributed by atoms with E-state index >= 15 is 0 Å². The molecular formula is C14H16ClNS. The lowest BCUT2D eigenvalue weighted by Gasteiger charge is -2.19. The van der Waals surface area contributed by atoms with E-state index in [1.165, 1.54) is 10.4 Å². The Bertz CT molecular complexity index is 450. The monoisotopic (exact) mass is 265 g/mol. The van der Waals surface area contributed by atoms with Crippen molar-refractivity contribution in [1.29, 1.82) is 0 Å². The maximum absolute atomic E-state index is 5.88. The van der Waals surface area contributed by atoms with E-state index in [0.29, 0.717) is 12.1 Å². The van der Waals surface area contributed by atoms with Gasteiger partial charge in [0.25, 0.3) is 0 Å². The molecule has 1 nitrogen and oxygen atoms in total. The van der Waals surface area contributed by atoms with E-state index in [1.807, 2.05) is 12.1 Å². The van der Waals surface area contributed by atoms with Crippen molar-refractivity contribution < 1.29 is 0 Å². The van der Waals surface area contributed by atoms with Crippen molar-refractivity contribution in [3.05, 3.63) is 57.2 Å². The average molecular weight is 266 g/mol. The van der Waals surface area contributed by atoms with Gasteiger partial charge in [-0.25, -0.2) is 0 Å². The highest BCUT2D eigenvalue weighted by Gasteiger charge is 2.11. The molecule has 0 saturated carbocycles. The lowest BCUT2D eigenvalue weighted by molar-refractivity contribution is 0.500. The molecule has 90 valence electrons. The number of benzene rings is 1. The van der Waals surface area contributed by atoms with Gasteiger partial charge in [0, 0.05) is 22.0 Å². The molecule has 0 aliphatic heterocycles. The summed E-state index contributed by atoms with van der Waals surface area (Å²) in [5.74, 6) is 0. The molecule has 0 fully saturated rings. The zero-order valence-corrected chi connectivity index (χ0v) is 11.6. The van der Waals surface area contributed by atoms with E-state index in [0.717, 1.165) is 5.02 Å². The van der Waals surface area contributed by atoms with Crippen molar-refractivity contribution in [2.24, 2.45) is 0 Å². The molecule has 2 atom stereocenters. The fourth-order valence-electron chi connectivity index (χ4n) is 1.84. The third-order valence-corrected chi connectivity index (χ3v) is 4.15. The molecule has 0 aliphatic rings. The summed E-state index contributed by atoms with van der Waals surface area (Å²) in [6.45, 7) is 4.37. The molecule has 2 rings (SSSR count). The molecule has 0 bridgehead atoms. The fourth-order valence-corrected chi connectivity index (χ4v) is 2.71. The van der Waals surface area contributed by atoms with Crippen LogP contribution in [0.25, 0.3) is 0 Å². The van der Waals surface area contributed by atoms with Gasteiger partial charge in [-0.3, -0.25) is 0 Å². The van der Waals surface area contributed by atoms with Crippen LogP contribution in [-0.2, 0) is 0 Å². The predicted molar refractivity (Wildman–Crippen MR) is 75.7 cm³/mol. The maximum Gasteiger partial charge on any atom is 0.0406 e. The summed E-state index contributed by atoms with van der Waals surface area (Å²) in [5.41, 5.74) is 1.26. The quantitative estimate of drug-likeness (QED) is 0.836. The molecule has 0 saturated heterocycles. The summed E-state index contributed by atoms with van der Waals surface area (Å²) in [5, 5.41) is 6.48. The van der Waals surface area contributed by atoms with Crippen molar-refractivity contribution >= 4 is 22.9 Å². The van der Waals surface area contributed by atoms with Gasteiger partial charge in [0.05, 0.1) is 0 Å². The van der Waals surface area contributed by atoms with Crippen LogP contribution in [0.2, 0.25) is 5.02 Å². The summed E-state index contributed by atoms with van der Waals surface area (Å²) in [4.78, 5) is 1.37. The Morgan fingerprint density at radius 1 is 1.06 bits per heavy atom. The zero-order chi connectivity index (χ0) is 12.3. The zero-order valence-electron chi connectivity index (χ0n) is 9.98. The van der Waals surface area contributed by atoms with Crippen molar-refractivity contribution in [2.75, 3.05) is 0 Å². The second-order valence-electron chi connectivity index (χ2n) is 4.18. The third-order valence-electron chi connectivity index (χ3n) is 2.84. The van der Waals surface area contributed by atoms with Crippen LogP contribution in [0.3, 0.4) is 0 Å². The first kappa shape index (κ1) is 12.6. The number of halogens is 1. The number of thiophene rings is 1. The Labute approximate surface area is 111 Å². The summed E-state index contributed by atoms with van der Waals surface area (Å²) in [6.07, 6.45) is 0. The standard InChI is InChI=1S/C14H16ClNS/c1-10(12-5-7-13(15)8-6-12)16-11(2)14-4-3-9-17-14/h3-11,16H,1-2H3/t10-,11?/m0/s1. The van der Waals surface area contributed by atoms with E-state index < -0.39 is 0 Å². The first-order valence-electron chi connectivity index (χ1n) is 5.71. The lowest BCUT2D eigenvalue weighted by Crippen LogP contribution is -2.21. The smallest absolute Gasteiger partial charge is 0.0406 e. The van der Waals surface area contributed by atoms with Crippen LogP contribution in [0.1, 0.15) is 36.4 Å². The lowest BCUT2D eigenvalue weighted by atomic mass is 10.1. The molecule has 17 heavy (non-hydrogen) atoms. The van der Waals surface area contributed by atoms with Crippen molar-refractivity contribution in [1.82, 2.24) is 5.32 Å². The minimum Gasteiger partial charge on any atom is -0.303 e. The molecule has 2 aromatic rings. The SMILES string of the molecule is CC(N[C@@H](C)c1ccc(Cl)cc1)c1cccs1. The summed E-state index contributed by atoms with van der Waals surface area (Å²) in [6, 6.07) is 13.0. The summed E-state index contributed by atoms with van der Waals surface area (Å²) < 4.78 is 0. The van der Waals surface area contributed by atoms with E-state index in [-0.39, 0.29) is 0 Å². The van der Waals surface area contributed by atoms with E-state index in [4.69, 9.17) is 11.6 Å². The highest BCUT2D eigenvalue weighted by molar-refractivity contribution is 7.10. The van der Waals surface area contributed by atoms with Gasteiger partial charge < -0.3 is 5.32 Å². The van der Waals surface area contributed by atoms with E-state index in [2.05, 4.69) is 48.8 Å². The molecular weight excluding hydrogens is 250 g/mol. The largest absolute Gasteiger partial charge is 0.303 e. The highest BCUT2D eigenvalue weighted by atomic mass is 35.5. The van der Waals surface area contributed by atoms with Gasteiger partial charge in [0.2, 0.25) is 0 Å². The number of hydrogen-bond donors (Lipinski definition) is 1. The third kappa shape index (κ3) is 3.32.